The maximum Gasteiger partial charge on any atom is 0.321 e. The number of nitrogens with zero attached hydrogens (tertiary/aromatic N) is 2. The molecule has 0 unspecified atom stereocenters. The van der Waals surface area contributed by atoms with Crippen LogP contribution in [0.2, 0.25) is 0 Å². The average molecular weight is 212 g/mol. The van der Waals surface area contributed by atoms with Gasteiger partial charge in [0.05, 0.1) is 0 Å². The Labute approximate surface area is 85.9 Å². The number of rotatable bonds is 3. The Morgan fingerprint density at radius 2 is 2.36 bits per heavy atom. The molecule has 1 aromatic rings. The van der Waals surface area contributed by atoms with Crippen LogP contribution in [0, 0.1) is 0 Å². The highest BCUT2D eigenvalue weighted by Gasteiger charge is 2.23. The van der Waals surface area contributed by atoms with Gasteiger partial charge in [-0.2, -0.15) is 0 Å². The molecule has 6 heteroatoms. The van der Waals surface area contributed by atoms with Crippen molar-refractivity contribution >= 4 is 22.5 Å². The van der Waals surface area contributed by atoms with Gasteiger partial charge >= 0.3 is 6.03 Å². The third kappa shape index (κ3) is 2.41. The van der Waals surface area contributed by atoms with Gasteiger partial charge in [-0.3, -0.25) is 5.32 Å². The van der Waals surface area contributed by atoms with Gasteiger partial charge in [0.15, 0.2) is 0 Å². The number of carbonyl (C=O) groups excluding carboxylic acids is 1. The van der Waals surface area contributed by atoms with Crippen molar-refractivity contribution in [3.63, 3.8) is 0 Å². The number of hydrogen-bond acceptors (Lipinski definition) is 4. The van der Waals surface area contributed by atoms with Crippen LogP contribution in [0.3, 0.4) is 0 Å². The lowest BCUT2D eigenvalue weighted by atomic mass is 10.5. The molecule has 1 saturated carbocycles. The SMILES string of the molecule is CCc1nnc(NC(=O)NC2CC2)s1. The molecular formula is C8H12N4OS. The minimum Gasteiger partial charge on any atom is -0.335 e. The molecule has 2 N–H and O–H groups in total. The summed E-state index contributed by atoms with van der Waals surface area (Å²) < 4.78 is 0. The molecule has 1 aromatic heterocycles. The van der Waals surface area contributed by atoms with E-state index in [0.29, 0.717) is 11.2 Å². The van der Waals surface area contributed by atoms with E-state index in [9.17, 15) is 4.79 Å². The van der Waals surface area contributed by atoms with E-state index in [1.54, 1.807) is 0 Å². The van der Waals surface area contributed by atoms with E-state index in [1.165, 1.54) is 11.3 Å². The number of carbonyl (C=O) groups is 1. The molecule has 1 fully saturated rings. The van der Waals surface area contributed by atoms with Crippen LogP contribution in [0.5, 0.6) is 0 Å². The summed E-state index contributed by atoms with van der Waals surface area (Å²) in [4.78, 5) is 11.3. The fourth-order valence-electron chi connectivity index (χ4n) is 0.993. The van der Waals surface area contributed by atoms with Crippen molar-refractivity contribution in [2.24, 2.45) is 0 Å². The average Bonchev–Trinajstić information content (AvgIpc) is 2.83. The maximum atomic E-state index is 11.3. The summed E-state index contributed by atoms with van der Waals surface area (Å²) in [5, 5.41) is 14.7. The van der Waals surface area contributed by atoms with Gasteiger partial charge in [0.25, 0.3) is 0 Å². The van der Waals surface area contributed by atoms with E-state index >= 15 is 0 Å². The highest BCUT2D eigenvalue weighted by atomic mass is 32.1. The van der Waals surface area contributed by atoms with E-state index in [0.717, 1.165) is 24.3 Å². The maximum absolute atomic E-state index is 11.3. The Bertz CT molecular complexity index is 334. The predicted octanol–water partition coefficient (Wildman–Crippen LogP) is 1.38. The lowest BCUT2D eigenvalue weighted by Crippen LogP contribution is -2.30. The third-order valence-electron chi connectivity index (χ3n) is 1.90. The molecule has 0 radical (unpaired) electrons. The molecule has 0 aliphatic heterocycles. The number of aromatic nitrogens is 2. The topological polar surface area (TPSA) is 66.9 Å². The van der Waals surface area contributed by atoms with Crippen LogP contribution in [0.1, 0.15) is 24.8 Å². The first kappa shape index (κ1) is 9.39. The van der Waals surface area contributed by atoms with Gasteiger partial charge in [0.1, 0.15) is 5.01 Å². The minimum absolute atomic E-state index is 0.175. The molecule has 1 heterocycles. The summed E-state index contributed by atoms with van der Waals surface area (Å²) in [6, 6.07) is 0.194. The number of urea groups is 1. The Morgan fingerprint density at radius 1 is 1.57 bits per heavy atom. The van der Waals surface area contributed by atoms with Gasteiger partial charge in [-0.15, -0.1) is 10.2 Å². The van der Waals surface area contributed by atoms with Crippen molar-refractivity contribution < 1.29 is 4.79 Å². The van der Waals surface area contributed by atoms with Crippen molar-refractivity contribution in [1.29, 1.82) is 0 Å². The number of amides is 2. The van der Waals surface area contributed by atoms with Gasteiger partial charge in [0.2, 0.25) is 5.13 Å². The van der Waals surface area contributed by atoms with E-state index in [1.807, 2.05) is 6.92 Å². The molecule has 0 bridgehead atoms. The van der Waals surface area contributed by atoms with Gasteiger partial charge in [-0.25, -0.2) is 4.79 Å². The number of anilines is 1. The lowest BCUT2D eigenvalue weighted by molar-refractivity contribution is 0.251. The quantitative estimate of drug-likeness (QED) is 0.795. The Morgan fingerprint density at radius 3 is 2.93 bits per heavy atom. The van der Waals surface area contributed by atoms with Crippen LogP contribution in [0.15, 0.2) is 0 Å². The minimum atomic E-state index is -0.175. The van der Waals surface area contributed by atoms with E-state index in [2.05, 4.69) is 20.8 Å². The van der Waals surface area contributed by atoms with Crippen molar-refractivity contribution in [2.45, 2.75) is 32.2 Å². The number of nitrogens with one attached hydrogen (secondary N) is 2. The zero-order valence-corrected chi connectivity index (χ0v) is 8.73. The molecule has 76 valence electrons. The molecule has 0 aromatic carbocycles. The van der Waals surface area contributed by atoms with Crippen molar-refractivity contribution in [3.05, 3.63) is 5.01 Å². The van der Waals surface area contributed by atoms with Gasteiger partial charge < -0.3 is 5.32 Å². The van der Waals surface area contributed by atoms with Crippen LogP contribution in [-0.4, -0.2) is 22.3 Å². The van der Waals surface area contributed by atoms with Gasteiger partial charge in [-0.1, -0.05) is 18.3 Å². The van der Waals surface area contributed by atoms with E-state index < -0.39 is 0 Å². The first-order valence-corrected chi connectivity index (χ1v) is 5.49. The third-order valence-corrected chi connectivity index (χ3v) is 2.89. The van der Waals surface area contributed by atoms with E-state index in [4.69, 9.17) is 0 Å². The second-order valence-corrected chi connectivity index (χ2v) is 4.29. The van der Waals surface area contributed by atoms with Crippen LogP contribution in [-0.2, 0) is 6.42 Å². The second-order valence-electron chi connectivity index (χ2n) is 3.23. The van der Waals surface area contributed by atoms with Gasteiger partial charge in [-0.05, 0) is 19.3 Å². The molecule has 2 amide bonds. The van der Waals surface area contributed by atoms with Crippen LogP contribution in [0.4, 0.5) is 9.93 Å². The first-order chi connectivity index (χ1) is 6.78. The number of hydrogen-bond donors (Lipinski definition) is 2. The molecular weight excluding hydrogens is 200 g/mol. The Balaban J connectivity index is 1.85. The lowest BCUT2D eigenvalue weighted by Gasteiger charge is -2.01. The highest BCUT2D eigenvalue weighted by Crippen LogP contribution is 2.19. The summed E-state index contributed by atoms with van der Waals surface area (Å²) in [6.45, 7) is 2.01. The summed E-state index contributed by atoms with van der Waals surface area (Å²) in [5.74, 6) is 0. The first-order valence-electron chi connectivity index (χ1n) is 4.68. The highest BCUT2D eigenvalue weighted by molar-refractivity contribution is 7.15. The Kier molecular flexibility index (Phi) is 2.62. The number of aryl methyl sites for hydroxylation is 1. The van der Waals surface area contributed by atoms with Crippen molar-refractivity contribution in [1.82, 2.24) is 15.5 Å². The zero-order chi connectivity index (χ0) is 9.97. The summed E-state index contributed by atoms with van der Waals surface area (Å²) in [6.07, 6.45) is 3.02. The van der Waals surface area contributed by atoms with Crippen molar-refractivity contribution in [3.8, 4) is 0 Å². The van der Waals surface area contributed by atoms with Crippen molar-refractivity contribution in [2.75, 3.05) is 5.32 Å². The van der Waals surface area contributed by atoms with Crippen LogP contribution >= 0.6 is 11.3 Å². The molecule has 1 aliphatic rings. The molecule has 0 atom stereocenters. The van der Waals surface area contributed by atoms with Crippen LogP contribution < -0.4 is 10.6 Å². The summed E-state index contributed by atoms with van der Waals surface area (Å²) in [5.41, 5.74) is 0. The monoisotopic (exact) mass is 212 g/mol. The second kappa shape index (κ2) is 3.91. The summed E-state index contributed by atoms with van der Waals surface area (Å²) >= 11 is 1.41. The molecule has 0 saturated heterocycles. The van der Waals surface area contributed by atoms with Gasteiger partial charge in [0, 0.05) is 6.04 Å². The Hall–Kier alpha value is -1.17. The van der Waals surface area contributed by atoms with Crippen LogP contribution in [0.25, 0.3) is 0 Å². The molecule has 0 spiro atoms. The largest absolute Gasteiger partial charge is 0.335 e. The summed E-state index contributed by atoms with van der Waals surface area (Å²) in [7, 11) is 0. The standard InChI is InChI=1S/C8H12N4OS/c1-2-6-11-12-8(14-6)10-7(13)9-5-3-4-5/h5H,2-4H2,1H3,(H2,9,10,12,13). The molecule has 1 aliphatic carbocycles. The molecule has 2 rings (SSSR count). The fraction of sp³-hybridized carbons (Fsp3) is 0.625. The smallest absolute Gasteiger partial charge is 0.321 e. The normalized spacial score (nSPS) is 15.2. The fourth-order valence-corrected chi connectivity index (χ4v) is 1.67. The van der Waals surface area contributed by atoms with E-state index in [-0.39, 0.29) is 6.03 Å². The predicted molar refractivity (Wildman–Crippen MR) is 54.5 cm³/mol. The molecule has 5 nitrogen and oxygen atoms in total. The zero-order valence-electron chi connectivity index (χ0n) is 7.91. The molecule has 14 heavy (non-hydrogen) atoms.